The van der Waals surface area contributed by atoms with Gasteiger partial charge >= 0.3 is 0 Å². The van der Waals surface area contributed by atoms with Crippen LogP contribution in [-0.4, -0.2) is 0 Å². The molecule has 0 saturated heterocycles. The van der Waals surface area contributed by atoms with Crippen LogP contribution < -0.4 is 5.73 Å². The van der Waals surface area contributed by atoms with Gasteiger partial charge in [0.15, 0.2) is 0 Å². The zero-order valence-corrected chi connectivity index (χ0v) is 12.3. The Hall–Kier alpha value is 0.0900. The summed E-state index contributed by atoms with van der Waals surface area (Å²) in [5.74, 6) is 0. The average Bonchev–Trinajstić information content (AvgIpc) is 2.65. The smallest absolute Gasteiger partial charge is 0.0571 e. The molecule has 2 aromatic rings. The summed E-state index contributed by atoms with van der Waals surface area (Å²) in [7, 11) is 0. The van der Waals surface area contributed by atoms with Gasteiger partial charge in [-0.2, -0.15) is 11.3 Å². The molecule has 0 spiro atoms. The van der Waals surface area contributed by atoms with Gasteiger partial charge in [0.25, 0.3) is 0 Å². The van der Waals surface area contributed by atoms with Gasteiger partial charge in [0.1, 0.15) is 0 Å². The number of rotatable bonds is 2. The summed E-state index contributed by atoms with van der Waals surface area (Å²) in [6.07, 6.45) is 0. The monoisotopic (exact) mass is 393 g/mol. The molecule has 1 nitrogen and oxygen atoms in total. The maximum absolute atomic E-state index is 6.19. The molecule has 4 heteroatoms. The zero-order chi connectivity index (χ0) is 10.8. The van der Waals surface area contributed by atoms with Crippen LogP contribution >= 0.6 is 49.9 Å². The lowest BCUT2D eigenvalue weighted by Gasteiger charge is -2.11. The Morgan fingerprint density at radius 1 is 1.20 bits per heavy atom. The van der Waals surface area contributed by atoms with Crippen LogP contribution in [-0.2, 0) is 0 Å². The van der Waals surface area contributed by atoms with Gasteiger partial charge in [-0.25, -0.2) is 0 Å². The Labute approximate surface area is 115 Å². The molecule has 2 rings (SSSR count). The van der Waals surface area contributed by atoms with Crippen molar-refractivity contribution in [3.8, 4) is 0 Å². The van der Waals surface area contributed by atoms with Crippen LogP contribution in [0.15, 0.2) is 39.5 Å². The highest BCUT2D eigenvalue weighted by molar-refractivity contribution is 14.1. The molecule has 0 bridgehead atoms. The van der Waals surface area contributed by atoms with Crippen molar-refractivity contribution in [2.24, 2.45) is 5.73 Å². The quantitative estimate of drug-likeness (QED) is 0.761. The topological polar surface area (TPSA) is 26.0 Å². The highest BCUT2D eigenvalue weighted by atomic mass is 127. The molecular weight excluding hydrogens is 385 g/mol. The summed E-state index contributed by atoms with van der Waals surface area (Å²) >= 11 is 7.46. The van der Waals surface area contributed by atoms with Crippen molar-refractivity contribution in [1.29, 1.82) is 0 Å². The van der Waals surface area contributed by atoms with E-state index >= 15 is 0 Å². The van der Waals surface area contributed by atoms with E-state index in [4.69, 9.17) is 5.73 Å². The predicted octanol–water partition coefficient (Wildman–Crippen LogP) is 4.16. The van der Waals surface area contributed by atoms with Crippen LogP contribution in [0.1, 0.15) is 17.2 Å². The maximum Gasteiger partial charge on any atom is 0.0571 e. The Morgan fingerprint density at radius 2 is 1.87 bits per heavy atom. The number of hydrogen-bond donors (Lipinski definition) is 1. The molecule has 2 N–H and O–H groups in total. The Kier molecular flexibility index (Phi) is 3.82. The summed E-state index contributed by atoms with van der Waals surface area (Å²) in [6.45, 7) is 0. The SMILES string of the molecule is NC(c1ccc(I)cc1)c1cscc1Br. The minimum Gasteiger partial charge on any atom is -0.320 e. The lowest BCUT2D eigenvalue weighted by Crippen LogP contribution is -2.11. The number of hydrogen-bond acceptors (Lipinski definition) is 2. The minimum absolute atomic E-state index is 0.0392. The number of thiophene rings is 1. The first kappa shape index (κ1) is 11.6. The van der Waals surface area contributed by atoms with Gasteiger partial charge in [-0.15, -0.1) is 0 Å². The fraction of sp³-hybridized carbons (Fsp3) is 0.0909. The summed E-state index contributed by atoms with van der Waals surface area (Å²) in [5.41, 5.74) is 8.49. The molecule has 1 heterocycles. The summed E-state index contributed by atoms with van der Waals surface area (Å²) in [6, 6.07) is 8.28. The fourth-order valence-electron chi connectivity index (χ4n) is 1.36. The molecule has 78 valence electrons. The standard InChI is InChI=1S/C11H9BrINS/c12-10-6-15-5-9(10)11(14)7-1-3-8(13)4-2-7/h1-6,11H,14H2. The fourth-order valence-corrected chi connectivity index (χ4v) is 3.30. The van der Waals surface area contributed by atoms with Crippen LogP contribution in [0.3, 0.4) is 0 Å². The van der Waals surface area contributed by atoms with Gasteiger partial charge in [-0.05, 0) is 67.2 Å². The number of nitrogens with two attached hydrogens (primary N) is 1. The third-order valence-corrected chi connectivity index (χ3v) is 4.68. The predicted molar refractivity (Wildman–Crippen MR) is 77.2 cm³/mol. The molecule has 0 fully saturated rings. The normalized spacial score (nSPS) is 12.7. The first-order valence-electron chi connectivity index (χ1n) is 4.41. The molecule has 1 aromatic carbocycles. The molecule has 0 saturated carbocycles. The van der Waals surface area contributed by atoms with Crippen LogP contribution in [0.25, 0.3) is 0 Å². The van der Waals surface area contributed by atoms with Crippen molar-refractivity contribution in [2.45, 2.75) is 6.04 Å². The second-order valence-corrected chi connectivity index (χ2v) is 6.05. The molecule has 1 atom stereocenters. The van der Waals surface area contributed by atoms with E-state index in [-0.39, 0.29) is 6.04 Å². The van der Waals surface area contributed by atoms with Crippen molar-refractivity contribution in [2.75, 3.05) is 0 Å². The molecule has 0 aliphatic heterocycles. The van der Waals surface area contributed by atoms with Crippen LogP contribution in [0, 0.1) is 3.57 Å². The molecule has 15 heavy (non-hydrogen) atoms. The minimum atomic E-state index is -0.0392. The van der Waals surface area contributed by atoms with E-state index in [0.29, 0.717) is 0 Å². The van der Waals surface area contributed by atoms with Crippen molar-refractivity contribution in [1.82, 2.24) is 0 Å². The molecule has 0 aliphatic carbocycles. The molecule has 0 aliphatic rings. The number of halogens is 2. The Morgan fingerprint density at radius 3 is 2.40 bits per heavy atom. The van der Waals surface area contributed by atoms with Crippen LogP contribution in [0.5, 0.6) is 0 Å². The zero-order valence-electron chi connectivity index (χ0n) is 7.78. The Balaban J connectivity index is 2.32. The van der Waals surface area contributed by atoms with Crippen molar-refractivity contribution >= 4 is 49.9 Å². The van der Waals surface area contributed by atoms with E-state index in [9.17, 15) is 0 Å². The van der Waals surface area contributed by atoms with Crippen LogP contribution in [0.2, 0.25) is 0 Å². The van der Waals surface area contributed by atoms with Crippen molar-refractivity contribution < 1.29 is 0 Å². The Bertz CT molecular complexity index is 452. The first-order chi connectivity index (χ1) is 7.18. The average molecular weight is 394 g/mol. The second kappa shape index (κ2) is 4.95. The third-order valence-electron chi connectivity index (χ3n) is 2.21. The van der Waals surface area contributed by atoms with Gasteiger partial charge in [0, 0.05) is 13.4 Å². The van der Waals surface area contributed by atoms with Gasteiger partial charge in [-0.3, -0.25) is 0 Å². The largest absolute Gasteiger partial charge is 0.320 e. The summed E-state index contributed by atoms with van der Waals surface area (Å²) in [5, 5.41) is 4.15. The van der Waals surface area contributed by atoms with E-state index in [1.165, 1.54) is 3.57 Å². The highest BCUT2D eigenvalue weighted by Gasteiger charge is 2.12. The van der Waals surface area contributed by atoms with Gasteiger partial charge in [0.2, 0.25) is 0 Å². The lowest BCUT2D eigenvalue weighted by atomic mass is 10.0. The van der Waals surface area contributed by atoms with E-state index in [1.54, 1.807) is 11.3 Å². The highest BCUT2D eigenvalue weighted by Crippen LogP contribution is 2.30. The second-order valence-electron chi connectivity index (χ2n) is 3.20. The van der Waals surface area contributed by atoms with E-state index in [0.717, 1.165) is 15.6 Å². The van der Waals surface area contributed by atoms with E-state index in [1.807, 2.05) is 0 Å². The number of benzene rings is 1. The molecule has 0 radical (unpaired) electrons. The van der Waals surface area contributed by atoms with E-state index < -0.39 is 0 Å². The third kappa shape index (κ3) is 2.61. The summed E-state index contributed by atoms with van der Waals surface area (Å²) < 4.78 is 2.33. The van der Waals surface area contributed by atoms with Crippen LogP contribution in [0.4, 0.5) is 0 Å². The summed E-state index contributed by atoms with van der Waals surface area (Å²) in [4.78, 5) is 0. The van der Waals surface area contributed by atoms with Gasteiger partial charge in [0.05, 0.1) is 6.04 Å². The first-order valence-corrected chi connectivity index (χ1v) is 7.22. The molecule has 1 unspecified atom stereocenters. The molecule has 0 amide bonds. The van der Waals surface area contributed by atoms with Crippen molar-refractivity contribution in [3.63, 3.8) is 0 Å². The lowest BCUT2D eigenvalue weighted by molar-refractivity contribution is 0.871. The molecule has 1 aromatic heterocycles. The van der Waals surface area contributed by atoms with Gasteiger partial charge < -0.3 is 5.73 Å². The maximum atomic E-state index is 6.19. The van der Waals surface area contributed by atoms with Gasteiger partial charge in [-0.1, -0.05) is 12.1 Å². The molecular formula is C11H9BrINS. The van der Waals surface area contributed by atoms with E-state index in [2.05, 4.69) is 73.5 Å². The van der Waals surface area contributed by atoms with Crippen molar-refractivity contribution in [3.05, 3.63) is 54.2 Å².